The van der Waals surface area contributed by atoms with Gasteiger partial charge in [0, 0.05) is 5.56 Å². The minimum absolute atomic E-state index is 0.101. The maximum atomic E-state index is 15.2. The maximum Gasteiger partial charge on any atom is 0.267 e. The molecule has 0 spiro atoms. The van der Waals surface area contributed by atoms with Crippen molar-refractivity contribution in [3.05, 3.63) is 95.3 Å². The summed E-state index contributed by atoms with van der Waals surface area (Å²) in [5.74, 6) is -0.866. The van der Waals surface area contributed by atoms with Gasteiger partial charge in [-0.05, 0) is 47.6 Å². The van der Waals surface area contributed by atoms with Crippen LogP contribution in [0.4, 0.5) is 13.2 Å². The number of benzene rings is 3. The maximum absolute atomic E-state index is 15.2. The molecule has 1 saturated heterocycles. The molecule has 4 rings (SSSR count). The van der Waals surface area contributed by atoms with Crippen molar-refractivity contribution in [2.45, 2.75) is 32.3 Å². The summed E-state index contributed by atoms with van der Waals surface area (Å²) >= 11 is 0. The summed E-state index contributed by atoms with van der Waals surface area (Å²) in [5.41, 5.74) is 3.15. The van der Waals surface area contributed by atoms with Crippen molar-refractivity contribution in [3.63, 3.8) is 0 Å². The van der Waals surface area contributed by atoms with Crippen LogP contribution < -0.4 is 0 Å². The fourth-order valence-electron chi connectivity index (χ4n) is 3.67. The SMILES string of the molecule is C/C=C/CCc1ccc(-c2ccc(-c3ccc(C4CO4)cc3)c(F)c2C(F)F)cc1. The van der Waals surface area contributed by atoms with Gasteiger partial charge in [0.1, 0.15) is 11.9 Å². The largest absolute Gasteiger partial charge is 0.368 e. The van der Waals surface area contributed by atoms with Gasteiger partial charge in [0.05, 0.1) is 12.2 Å². The summed E-state index contributed by atoms with van der Waals surface area (Å²) in [5, 5.41) is 0. The number of alkyl halides is 2. The average molecular weight is 408 g/mol. The standard InChI is InChI=1S/C26H23F3O/c1-2-3-4-5-17-6-8-18(9-7-17)21-14-15-22(25(27)24(21)26(28)29)19-10-12-20(13-11-19)23-16-30-23/h2-3,6-15,23,26H,4-5,16H2,1H3/b3-2+. The predicted octanol–water partition coefficient (Wildman–Crippen LogP) is 7.68. The molecule has 30 heavy (non-hydrogen) atoms. The van der Waals surface area contributed by atoms with E-state index in [9.17, 15) is 8.78 Å². The molecule has 1 heterocycles. The van der Waals surface area contributed by atoms with Crippen molar-refractivity contribution in [2.75, 3.05) is 6.61 Å². The zero-order chi connectivity index (χ0) is 21.1. The van der Waals surface area contributed by atoms with Gasteiger partial charge in [-0.3, -0.25) is 0 Å². The molecule has 0 aliphatic carbocycles. The van der Waals surface area contributed by atoms with Gasteiger partial charge in [0.25, 0.3) is 6.43 Å². The molecule has 1 aliphatic rings. The van der Waals surface area contributed by atoms with Crippen molar-refractivity contribution in [1.29, 1.82) is 0 Å². The summed E-state index contributed by atoms with van der Waals surface area (Å²) in [6.45, 7) is 2.66. The molecule has 0 radical (unpaired) electrons. The van der Waals surface area contributed by atoms with Crippen molar-refractivity contribution >= 4 is 0 Å². The first-order valence-corrected chi connectivity index (χ1v) is 10.1. The first-order chi connectivity index (χ1) is 14.6. The third-order valence-electron chi connectivity index (χ3n) is 5.43. The van der Waals surface area contributed by atoms with E-state index in [1.165, 1.54) is 0 Å². The molecular weight excluding hydrogens is 385 g/mol. The molecule has 1 fully saturated rings. The Morgan fingerprint density at radius 3 is 2.13 bits per heavy atom. The number of rotatable bonds is 7. The summed E-state index contributed by atoms with van der Waals surface area (Å²) < 4.78 is 48.2. The molecule has 0 saturated carbocycles. The first kappa shape index (κ1) is 20.4. The van der Waals surface area contributed by atoms with E-state index in [-0.39, 0.29) is 17.2 Å². The molecule has 0 bridgehead atoms. The van der Waals surface area contributed by atoms with Crippen molar-refractivity contribution in [2.24, 2.45) is 0 Å². The number of halogens is 3. The van der Waals surface area contributed by atoms with Crippen LogP contribution >= 0.6 is 0 Å². The lowest BCUT2D eigenvalue weighted by molar-refractivity contribution is 0.147. The zero-order valence-corrected chi connectivity index (χ0v) is 16.7. The molecule has 1 aliphatic heterocycles. The van der Waals surface area contributed by atoms with E-state index in [2.05, 4.69) is 6.08 Å². The minimum Gasteiger partial charge on any atom is -0.368 e. The second-order valence-electron chi connectivity index (χ2n) is 7.44. The Hall–Kier alpha value is -2.85. The topological polar surface area (TPSA) is 12.5 Å². The van der Waals surface area contributed by atoms with Crippen LogP contribution in [0.25, 0.3) is 22.3 Å². The monoisotopic (exact) mass is 408 g/mol. The second-order valence-corrected chi connectivity index (χ2v) is 7.44. The van der Waals surface area contributed by atoms with Crippen molar-refractivity contribution < 1.29 is 17.9 Å². The van der Waals surface area contributed by atoms with Crippen LogP contribution in [-0.4, -0.2) is 6.61 Å². The molecule has 3 aromatic rings. The molecule has 3 aromatic carbocycles. The van der Waals surface area contributed by atoms with Crippen LogP contribution in [0.5, 0.6) is 0 Å². The van der Waals surface area contributed by atoms with E-state index in [4.69, 9.17) is 4.74 Å². The Bertz CT molecular complexity index is 1030. The van der Waals surface area contributed by atoms with Gasteiger partial charge in [-0.2, -0.15) is 0 Å². The lowest BCUT2D eigenvalue weighted by atomic mass is 9.93. The van der Waals surface area contributed by atoms with Gasteiger partial charge in [-0.1, -0.05) is 72.8 Å². The van der Waals surface area contributed by atoms with E-state index < -0.39 is 17.8 Å². The Balaban J connectivity index is 1.66. The van der Waals surface area contributed by atoms with Gasteiger partial charge < -0.3 is 4.74 Å². The van der Waals surface area contributed by atoms with E-state index in [1.54, 1.807) is 36.4 Å². The van der Waals surface area contributed by atoms with Crippen LogP contribution in [0.15, 0.2) is 72.8 Å². The number of hydrogen-bond acceptors (Lipinski definition) is 1. The minimum atomic E-state index is -2.91. The van der Waals surface area contributed by atoms with Crippen LogP contribution in [-0.2, 0) is 11.2 Å². The molecule has 4 heteroatoms. The van der Waals surface area contributed by atoms with E-state index in [0.717, 1.165) is 24.0 Å². The molecule has 1 nitrogen and oxygen atoms in total. The van der Waals surface area contributed by atoms with E-state index >= 15 is 4.39 Å². The molecule has 1 atom stereocenters. The second kappa shape index (κ2) is 8.88. The molecule has 0 amide bonds. The fourth-order valence-corrected chi connectivity index (χ4v) is 3.67. The van der Waals surface area contributed by atoms with E-state index in [1.807, 2.05) is 37.3 Å². The zero-order valence-electron chi connectivity index (χ0n) is 16.7. The highest BCUT2D eigenvalue weighted by Crippen LogP contribution is 2.39. The third kappa shape index (κ3) is 4.34. The fraction of sp³-hybridized carbons (Fsp3) is 0.231. The van der Waals surface area contributed by atoms with Gasteiger partial charge in [-0.15, -0.1) is 0 Å². The van der Waals surface area contributed by atoms with Crippen molar-refractivity contribution in [3.8, 4) is 22.3 Å². The smallest absolute Gasteiger partial charge is 0.267 e. The average Bonchev–Trinajstić information content (AvgIpc) is 3.60. The highest BCUT2D eigenvalue weighted by atomic mass is 19.3. The Morgan fingerprint density at radius 2 is 1.53 bits per heavy atom. The predicted molar refractivity (Wildman–Crippen MR) is 114 cm³/mol. The third-order valence-corrected chi connectivity index (χ3v) is 5.43. The Morgan fingerprint density at radius 1 is 0.933 bits per heavy atom. The van der Waals surface area contributed by atoms with Crippen LogP contribution in [0, 0.1) is 5.82 Å². The normalized spacial score (nSPS) is 15.8. The molecule has 1 unspecified atom stereocenters. The Kier molecular flexibility index (Phi) is 6.05. The van der Waals surface area contributed by atoms with Crippen LogP contribution in [0.2, 0.25) is 0 Å². The van der Waals surface area contributed by atoms with Gasteiger partial charge in [0.15, 0.2) is 0 Å². The number of aryl methyl sites for hydroxylation is 1. The molecule has 0 aromatic heterocycles. The lowest BCUT2D eigenvalue weighted by Crippen LogP contribution is -1.99. The number of epoxide rings is 1. The lowest BCUT2D eigenvalue weighted by Gasteiger charge is -2.15. The highest BCUT2D eigenvalue weighted by Gasteiger charge is 2.25. The summed E-state index contributed by atoms with van der Waals surface area (Å²) in [7, 11) is 0. The highest BCUT2D eigenvalue weighted by molar-refractivity contribution is 5.75. The van der Waals surface area contributed by atoms with Crippen LogP contribution in [0.1, 0.15) is 42.6 Å². The van der Waals surface area contributed by atoms with Gasteiger partial charge in [0.2, 0.25) is 0 Å². The molecular formula is C26H23F3O. The summed E-state index contributed by atoms with van der Waals surface area (Å²) in [6, 6.07) is 17.8. The number of hydrogen-bond donors (Lipinski definition) is 0. The number of ether oxygens (including phenoxy) is 1. The summed E-state index contributed by atoms with van der Waals surface area (Å²) in [6.07, 6.45) is 3.08. The quantitative estimate of drug-likeness (QED) is 0.288. The molecule has 154 valence electrons. The van der Waals surface area contributed by atoms with E-state index in [0.29, 0.717) is 17.7 Å². The van der Waals surface area contributed by atoms with Gasteiger partial charge in [-0.25, -0.2) is 13.2 Å². The van der Waals surface area contributed by atoms with Crippen LogP contribution in [0.3, 0.4) is 0 Å². The van der Waals surface area contributed by atoms with Crippen molar-refractivity contribution in [1.82, 2.24) is 0 Å². The molecule has 0 N–H and O–H groups in total. The number of allylic oxidation sites excluding steroid dienone is 2. The first-order valence-electron chi connectivity index (χ1n) is 10.1. The Labute approximate surface area is 174 Å². The summed E-state index contributed by atoms with van der Waals surface area (Å²) in [4.78, 5) is 0. The van der Waals surface area contributed by atoms with Gasteiger partial charge >= 0.3 is 0 Å².